The fourth-order valence-corrected chi connectivity index (χ4v) is 1.71. The van der Waals surface area contributed by atoms with Crippen LogP contribution in [0.5, 0.6) is 0 Å². The van der Waals surface area contributed by atoms with Gasteiger partial charge >= 0.3 is 0 Å². The van der Waals surface area contributed by atoms with Gasteiger partial charge in [0.05, 0.1) is 12.2 Å². The first kappa shape index (κ1) is 12.1. The van der Waals surface area contributed by atoms with Crippen molar-refractivity contribution in [1.82, 2.24) is 4.98 Å². The maximum absolute atomic E-state index is 5.52. The summed E-state index contributed by atoms with van der Waals surface area (Å²) in [5.41, 5.74) is 8.66. The van der Waals surface area contributed by atoms with Gasteiger partial charge in [-0.05, 0) is 35.9 Å². The lowest BCUT2D eigenvalue weighted by molar-refractivity contribution is 0.994. The van der Waals surface area contributed by atoms with Crippen LogP contribution in [0.4, 0.5) is 5.69 Å². The standard InChI is InChI=1S/C13H14BrN3/c14-11-2-5-12(6-3-11)17-9-13-4-1-10(7-15)8-16-13/h1-6,8,17H,7,9,15H2. The molecule has 1 aromatic carbocycles. The number of nitrogens with zero attached hydrogens (tertiary/aromatic N) is 1. The van der Waals surface area contributed by atoms with Crippen molar-refractivity contribution in [2.45, 2.75) is 13.1 Å². The van der Waals surface area contributed by atoms with Crippen molar-refractivity contribution in [1.29, 1.82) is 0 Å². The molecule has 0 aliphatic carbocycles. The predicted octanol–water partition coefficient (Wildman–Crippen LogP) is 2.91. The van der Waals surface area contributed by atoms with Crippen LogP contribution in [0.1, 0.15) is 11.3 Å². The van der Waals surface area contributed by atoms with Gasteiger partial charge in [-0.25, -0.2) is 0 Å². The summed E-state index contributed by atoms with van der Waals surface area (Å²) >= 11 is 3.41. The van der Waals surface area contributed by atoms with Crippen LogP contribution in [-0.2, 0) is 13.1 Å². The number of pyridine rings is 1. The number of benzene rings is 1. The largest absolute Gasteiger partial charge is 0.379 e. The van der Waals surface area contributed by atoms with Crippen LogP contribution >= 0.6 is 15.9 Å². The molecule has 0 amide bonds. The minimum absolute atomic E-state index is 0.535. The van der Waals surface area contributed by atoms with Crippen molar-refractivity contribution in [2.24, 2.45) is 5.73 Å². The van der Waals surface area contributed by atoms with E-state index in [-0.39, 0.29) is 0 Å². The summed E-state index contributed by atoms with van der Waals surface area (Å²) in [6.45, 7) is 1.25. The third kappa shape index (κ3) is 3.54. The van der Waals surface area contributed by atoms with Crippen LogP contribution in [0, 0.1) is 0 Å². The van der Waals surface area contributed by atoms with Gasteiger partial charge in [0.2, 0.25) is 0 Å². The summed E-state index contributed by atoms with van der Waals surface area (Å²) in [4.78, 5) is 4.33. The SMILES string of the molecule is NCc1ccc(CNc2ccc(Br)cc2)nc1. The molecular formula is C13H14BrN3. The molecule has 0 radical (unpaired) electrons. The third-order valence-electron chi connectivity index (χ3n) is 2.44. The molecule has 0 aliphatic heterocycles. The Hall–Kier alpha value is -1.39. The van der Waals surface area contributed by atoms with Crippen molar-refractivity contribution in [2.75, 3.05) is 5.32 Å². The Bertz CT molecular complexity index is 465. The zero-order valence-electron chi connectivity index (χ0n) is 9.36. The van der Waals surface area contributed by atoms with Crippen molar-refractivity contribution < 1.29 is 0 Å². The molecule has 3 nitrogen and oxygen atoms in total. The number of hydrogen-bond donors (Lipinski definition) is 2. The fraction of sp³-hybridized carbons (Fsp3) is 0.154. The van der Waals surface area contributed by atoms with Crippen LogP contribution in [0.3, 0.4) is 0 Å². The van der Waals surface area contributed by atoms with Gasteiger partial charge in [-0.15, -0.1) is 0 Å². The van der Waals surface area contributed by atoms with E-state index < -0.39 is 0 Å². The molecule has 0 spiro atoms. The molecule has 2 rings (SSSR count). The molecule has 1 aromatic heterocycles. The van der Waals surface area contributed by atoms with Gasteiger partial charge in [0.15, 0.2) is 0 Å². The average Bonchev–Trinajstić information content (AvgIpc) is 2.39. The summed E-state index contributed by atoms with van der Waals surface area (Å²) in [5.74, 6) is 0. The number of rotatable bonds is 4. The molecule has 0 unspecified atom stereocenters. The number of halogens is 1. The maximum atomic E-state index is 5.52. The number of aromatic nitrogens is 1. The quantitative estimate of drug-likeness (QED) is 0.911. The van der Waals surface area contributed by atoms with Gasteiger partial charge < -0.3 is 11.1 Å². The van der Waals surface area contributed by atoms with E-state index in [1.165, 1.54) is 0 Å². The smallest absolute Gasteiger partial charge is 0.0594 e. The molecule has 0 atom stereocenters. The first-order valence-electron chi connectivity index (χ1n) is 5.41. The zero-order chi connectivity index (χ0) is 12.1. The molecule has 0 saturated heterocycles. The van der Waals surface area contributed by atoms with Crippen LogP contribution in [-0.4, -0.2) is 4.98 Å². The number of nitrogens with one attached hydrogen (secondary N) is 1. The topological polar surface area (TPSA) is 50.9 Å². The molecule has 0 fully saturated rings. The summed E-state index contributed by atoms with van der Waals surface area (Å²) in [7, 11) is 0. The molecule has 4 heteroatoms. The van der Waals surface area contributed by atoms with Gasteiger partial charge in [-0.2, -0.15) is 0 Å². The summed E-state index contributed by atoms with van der Waals surface area (Å²) in [6.07, 6.45) is 1.82. The first-order valence-corrected chi connectivity index (χ1v) is 6.20. The Labute approximate surface area is 109 Å². The molecule has 1 heterocycles. The highest BCUT2D eigenvalue weighted by molar-refractivity contribution is 9.10. The van der Waals surface area contributed by atoms with Crippen LogP contribution in [0.2, 0.25) is 0 Å². The molecule has 0 saturated carbocycles. The highest BCUT2D eigenvalue weighted by Crippen LogP contribution is 2.14. The van der Waals surface area contributed by atoms with Crippen LogP contribution in [0.25, 0.3) is 0 Å². The van der Waals surface area contributed by atoms with E-state index >= 15 is 0 Å². The normalized spacial score (nSPS) is 10.2. The lowest BCUT2D eigenvalue weighted by Gasteiger charge is -2.06. The van der Waals surface area contributed by atoms with Crippen molar-refractivity contribution in [3.63, 3.8) is 0 Å². The summed E-state index contributed by atoms with van der Waals surface area (Å²) < 4.78 is 1.08. The van der Waals surface area contributed by atoms with E-state index in [2.05, 4.69) is 26.2 Å². The molecule has 17 heavy (non-hydrogen) atoms. The van der Waals surface area contributed by atoms with Gasteiger partial charge in [-0.3, -0.25) is 4.98 Å². The lowest BCUT2D eigenvalue weighted by Crippen LogP contribution is -2.03. The van der Waals surface area contributed by atoms with Crippen molar-refractivity contribution >= 4 is 21.6 Å². The van der Waals surface area contributed by atoms with Gasteiger partial charge in [-0.1, -0.05) is 22.0 Å². The maximum Gasteiger partial charge on any atom is 0.0594 e. The van der Waals surface area contributed by atoms with E-state index in [1.807, 2.05) is 42.6 Å². The molecule has 2 aromatic rings. The molecule has 3 N–H and O–H groups in total. The minimum atomic E-state index is 0.535. The summed E-state index contributed by atoms with van der Waals surface area (Å²) in [5, 5.41) is 3.31. The number of hydrogen-bond acceptors (Lipinski definition) is 3. The Morgan fingerprint density at radius 2 is 1.88 bits per heavy atom. The minimum Gasteiger partial charge on any atom is -0.379 e. The van der Waals surface area contributed by atoms with Crippen molar-refractivity contribution in [3.05, 3.63) is 58.3 Å². The molecule has 88 valence electrons. The molecular weight excluding hydrogens is 278 g/mol. The molecule has 0 bridgehead atoms. The van der Waals surface area contributed by atoms with E-state index in [4.69, 9.17) is 5.73 Å². The van der Waals surface area contributed by atoms with E-state index in [1.54, 1.807) is 0 Å². The van der Waals surface area contributed by atoms with Gasteiger partial charge in [0, 0.05) is 22.9 Å². The zero-order valence-corrected chi connectivity index (χ0v) is 10.9. The highest BCUT2D eigenvalue weighted by atomic mass is 79.9. The first-order chi connectivity index (χ1) is 8.28. The second kappa shape index (κ2) is 5.80. The Morgan fingerprint density at radius 3 is 2.47 bits per heavy atom. The van der Waals surface area contributed by atoms with Gasteiger partial charge in [0.25, 0.3) is 0 Å². The van der Waals surface area contributed by atoms with E-state index in [0.29, 0.717) is 13.1 Å². The average molecular weight is 292 g/mol. The summed E-state index contributed by atoms with van der Waals surface area (Å²) in [6, 6.07) is 12.1. The predicted molar refractivity (Wildman–Crippen MR) is 73.6 cm³/mol. The third-order valence-corrected chi connectivity index (χ3v) is 2.97. The highest BCUT2D eigenvalue weighted by Gasteiger charge is 1.96. The monoisotopic (exact) mass is 291 g/mol. The Morgan fingerprint density at radius 1 is 1.12 bits per heavy atom. The Balaban J connectivity index is 1.95. The van der Waals surface area contributed by atoms with Crippen LogP contribution < -0.4 is 11.1 Å². The van der Waals surface area contributed by atoms with Gasteiger partial charge in [0.1, 0.15) is 0 Å². The van der Waals surface area contributed by atoms with Crippen LogP contribution in [0.15, 0.2) is 47.1 Å². The molecule has 0 aliphatic rings. The number of nitrogens with two attached hydrogens (primary N) is 1. The second-order valence-corrected chi connectivity index (χ2v) is 4.64. The van der Waals surface area contributed by atoms with E-state index in [9.17, 15) is 0 Å². The lowest BCUT2D eigenvalue weighted by atomic mass is 10.2. The van der Waals surface area contributed by atoms with Crippen molar-refractivity contribution in [3.8, 4) is 0 Å². The second-order valence-electron chi connectivity index (χ2n) is 3.72. The van der Waals surface area contributed by atoms with E-state index in [0.717, 1.165) is 21.4 Å². The Kier molecular flexibility index (Phi) is 4.12. The fourth-order valence-electron chi connectivity index (χ4n) is 1.44. The number of anilines is 1.